The second-order valence-electron chi connectivity index (χ2n) is 5.73. The number of carbonyl (C=O) groups excluding carboxylic acids is 1. The van der Waals surface area contributed by atoms with Crippen molar-refractivity contribution in [2.45, 2.75) is 19.4 Å². The summed E-state index contributed by atoms with van der Waals surface area (Å²) in [5.74, 6) is -0.687. The molecule has 5 nitrogen and oxygen atoms in total. The van der Waals surface area contributed by atoms with E-state index in [1.807, 2.05) is 0 Å². The first kappa shape index (κ1) is 17.3. The minimum absolute atomic E-state index is 0.107. The summed E-state index contributed by atoms with van der Waals surface area (Å²) in [7, 11) is 0. The van der Waals surface area contributed by atoms with E-state index in [9.17, 15) is 14.7 Å². The summed E-state index contributed by atoms with van der Waals surface area (Å²) < 4.78 is 5.41. The van der Waals surface area contributed by atoms with Crippen LogP contribution in [0, 0.1) is 0 Å². The Labute approximate surface area is 139 Å². The lowest BCUT2D eigenvalue weighted by molar-refractivity contribution is -0.152. The largest absolute Gasteiger partial charge is 0.508 e. The normalized spacial score (nSPS) is 11.4. The number of aromatic hydroxyl groups is 1. The van der Waals surface area contributed by atoms with Crippen molar-refractivity contribution in [3.05, 3.63) is 65.7 Å². The zero-order valence-electron chi connectivity index (χ0n) is 13.4. The Morgan fingerprint density at radius 1 is 1.00 bits per heavy atom. The van der Waals surface area contributed by atoms with Crippen LogP contribution in [0.15, 0.2) is 54.6 Å². The lowest BCUT2D eigenvalue weighted by Gasteiger charge is -2.21. The molecule has 0 atom stereocenters. The number of hydrogen-bond acceptors (Lipinski definition) is 4. The number of ketones is 1. The first-order valence-corrected chi connectivity index (χ1v) is 7.32. The fraction of sp³-hybridized carbons (Fsp3) is 0.158. The first-order chi connectivity index (χ1) is 11.3. The Hall–Kier alpha value is -3.08. The Bertz CT molecular complexity index is 755. The molecule has 0 radical (unpaired) electrons. The molecule has 0 aliphatic rings. The Kier molecular flexibility index (Phi) is 5.04. The number of carbonyl (C=O) groups is 2. The minimum Gasteiger partial charge on any atom is -0.508 e. The van der Waals surface area contributed by atoms with Crippen LogP contribution in [-0.4, -0.2) is 27.6 Å². The van der Waals surface area contributed by atoms with E-state index >= 15 is 0 Å². The highest BCUT2D eigenvalue weighted by Gasteiger charge is 2.29. The van der Waals surface area contributed by atoms with Crippen molar-refractivity contribution in [1.82, 2.24) is 0 Å². The third-order valence-corrected chi connectivity index (χ3v) is 3.35. The molecule has 0 aliphatic heterocycles. The van der Waals surface area contributed by atoms with Crippen LogP contribution in [0.2, 0.25) is 0 Å². The number of allylic oxidation sites excluding steroid dienone is 1. The smallest absolute Gasteiger partial charge is 0.347 e. The summed E-state index contributed by atoms with van der Waals surface area (Å²) in [6, 6.07) is 12.8. The maximum absolute atomic E-state index is 12.0. The molecule has 2 N–H and O–H groups in total. The van der Waals surface area contributed by atoms with Gasteiger partial charge in [0.1, 0.15) is 11.5 Å². The van der Waals surface area contributed by atoms with Gasteiger partial charge in [0.05, 0.1) is 0 Å². The van der Waals surface area contributed by atoms with E-state index in [-0.39, 0.29) is 11.5 Å². The van der Waals surface area contributed by atoms with Crippen molar-refractivity contribution in [1.29, 1.82) is 0 Å². The van der Waals surface area contributed by atoms with E-state index in [2.05, 4.69) is 0 Å². The van der Waals surface area contributed by atoms with E-state index in [0.29, 0.717) is 11.3 Å². The van der Waals surface area contributed by atoms with E-state index in [4.69, 9.17) is 9.84 Å². The summed E-state index contributed by atoms with van der Waals surface area (Å²) >= 11 is 0. The van der Waals surface area contributed by atoms with Gasteiger partial charge in [-0.05, 0) is 61.9 Å². The molecule has 0 unspecified atom stereocenters. The van der Waals surface area contributed by atoms with Crippen molar-refractivity contribution in [3.63, 3.8) is 0 Å². The van der Waals surface area contributed by atoms with Gasteiger partial charge >= 0.3 is 5.97 Å². The summed E-state index contributed by atoms with van der Waals surface area (Å²) in [5.41, 5.74) is -0.0542. The maximum Gasteiger partial charge on any atom is 0.347 e. The van der Waals surface area contributed by atoms with Gasteiger partial charge in [0.25, 0.3) is 0 Å². The van der Waals surface area contributed by atoms with Gasteiger partial charge < -0.3 is 14.9 Å². The second-order valence-corrected chi connectivity index (χ2v) is 5.73. The average Bonchev–Trinajstić information content (AvgIpc) is 2.54. The highest BCUT2D eigenvalue weighted by molar-refractivity contribution is 6.06. The summed E-state index contributed by atoms with van der Waals surface area (Å²) in [4.78, 5) is 23.0. The molecular weight excluding hydrogens is 308 g/mol. The van der Waals surface area contributed by atoms with E-state index in [0.717, 1.165) is 5.56 Å². The third kappa shape index (κ3) is 4.46. The second kappa shape index (κ2) is 7.00. The Balaban J connectivity index is 2.04. The topological polar surface area (TPSA) is 83.8 Å². The van der Waals surface area contributed by atoms with Crippen LogP contribution in [0.4, 0.5) is 0 Å². The van der Waals surface area contributed by atoms with Crippen molar-refractivity contribution < 1.29 is 24.5 Å². The molecule has 124 valence electrons. The molecule has 24 heavy (non-hydrogen) atoms. The predicted molar refractivity (Wildman–Crippen MR) is 90.3 cm³/mol. The monoisotopic (exact) mass is 326 g/mol. The van der Waals surface area contributed by atoms with Gasteiger partial charge in [-0.15, -0.1) is 0 Å². The number of phenolic OH excluding ortho intramolecular Hbond substituents is 1. The number of rotatable bonds is 6. The quantitative estimate of drug-likeness (QED) is 0.627. The highest BCUT2D eigenvalue weighted by Crippen LogP contribution is 2.20. The lowest BCUT2D eigenvalue weighted by atomic mass is 10.1. The van der Waals surface area contributed by atoms with Crippen molar-refractivity contribution in [2.24, 2.45) is 0 Å². The fourth-order valence-corrected chi connectivity index (χ4v) is 1.88. The predicted octanol–water partition coefficient (Wildman–Crippen LogP) is 3.53. The molecular formula is C19H18O5. The van der Waals surface area contributed by atoms with Crippen LogP contribution in [0.25, 0.3) is 6.08 Å². The van der Waals surface area contributed by atoms with Gasteiger partial charge in [-0.25, -0.2) is 4.79 Å². The number of benzene rings is 2. The van der Waals surface area contributed by atoms with E-state index in [1.54, 1.807) is 42.5 Å². The molecule has 5 heteroatoms. The zero-order valence-corrected chi connectivity index (χ0v) is 13.4. The molecule has 0 fully saturated rings. The van der Waals surface area contributed by atoms with Gasteiger partial charge in [0.15, 0.2) is 11.4 Å². The standard InChI is InChI=1S/C19H18O5/c1-19(2,18(22)23)24-16-10-3-13(4-11-16)5-12-17(21)14-6-8-15(20)9-7-14/h3-12,20H,1-2H3,(H,22,23). The summed E-state index contributed by atoms with van der Waals surface area (Å²) in [6.45, 7) is 2.94. The molecule has 0 heterocycles. The molecule has 0 bridgehead atoms. The van der Waals surface area contributed by atoms with Crippen LogP contribution in [-0.2, 0) is 4.79 Å². The molecule has 2 aromatic carbocycles. The minimum atomic E-state index is -1.31. The van der Waals surface area contributed by atoms with Crippen molar-refractivity contribution in [2.75, 3.05) is 0 Å². The SMILES string of the molecule is CC(C)(Oc1ccc(C=CC(=O)c2ccc(O)cc2)cc1)C(=O)O. The van der Waals surface area contributed by atoms with Crippen LogP contribution < -0.4 is 4.74 Å². The lowest BCUT2D eigenvalue weighted by Crippen LogP contribution is -2.37. The fourth-order valence-electron chi connectivity index (χ4n) is 1.88. The third-order valence-electron chi connectivity index (χ3n) is 3.35. The van der Waals surface area contributed by atoms with Gasteiger partial charge in [-0.1, -0.05) is 18.2 Å². The van der Waals surface area contributed by atoms with Crippen LogP contribution in [0.5, 0.6) is 11.5 Å². The highest BCUT2D eigenvalue weighted by atomic mass is 16.5. The van der Waals surface area contributed by atoms with Crippen molar-refractivity contribution in [3.8, 4) is 11.5 Å². The van der Waals surface area contributed by atoms with Crippen LogP contribution >= 0.6 is 0 Å². The molecule has 2 aromatic rings. The van der Waals surface area contributed by atoms with Crippen molar-refractivity contribution >= 4 is 17.8 Å². The first-order valence-electron chi connectivity index (χ1n) is 7.32. The van der Waals surface area contributed by atoms with Crippen LogP contribution in [0.3, 0.4) is 0 Å². The molecule has 2 rings (SSSR count). The van der Waals surface area contributed by atoms with Crippen LogP contribution in [0.1, 0.15) is 29.8 Å². The number of carboxylic acids is 1. The molecule has 0 aliphatic carbocycles. The average molecular weight is 326 g/mol. The van der Waals surface area contributed by atoms with Gasteiger partial charge in [-0.3, -0.25) is 4.79 Å². The number of phenols is 1. The number of ether oxygens (including phenoxy) is 1. The summed E-state index contributed by atoms with van der Waals surface area (Å²) in [6.07, 6.45) is 3.09. The van der Waals surface area contributed by atoms with E-state index in [1.165, 1.54) is 32.1 Å². The molecule has 0 spiro atoms. The number of carboxylic acid groups (broad SMARTS) is 1. The zero-order chi connectivity index (χ0) is 17.7. The van der Waals surface area contributed by atoms with Gasteiger partial charge in [0, 0.05) is 5.56 Å². The molecule has 0 amide bonds. The summed E-state index contributed by atoms with van der Waals surface area (Å²) in [5, 5.41) is 18.2. The number of hydrogen-bond donors (Lipinski definition) is 2. The maximum atomic E-state index is 12.0. The Morgan fingerprint density at radius 2 is 1.58 bits per heavy atom. The Morgan fingerprint density at radius 3 is 2.12 bits per heavy atom. The molecule has 0 aromatic heterocycles. The van der Waals surface area contributed by atoms with E-state index < -0.39 is 11.6 Å². The molecule has 0 saturated carbocycles. The number of aliphatic carboxylic acids is 1. The molecule has 0 saturated heterocycles. The van der Waals surface area contributed by atoms with Gasteiger partial charge in [0.2, 0.25) is 0 Å². The van der Waals surface area contributed by atoms with Gasteiger partial charge in [-0.2, -0.15) is 0 Å².